The fourth-order valence-electron chi connectivity index (χ4n) is 2.06. The molecular formula is C12H12N4O. The van der Waals surface area contributed by atoms with Gasteiger partial charge in [0.25, 0.3) is 0 Å². The average molecular weight is 228 g/mol. The minimum Gasteiger partial charge on any atom is -0.497 e. The monoisotopic (exact) mass is 228 g/mol. The summed E-state index contributed by atoms with van der Waals surface area (Å²) in [6.45, 7) is 2.00. The predicted molar refractivity (Wildman–Crippen MR) is 67.1 cm³/mol. The number of methoxy groups -OCH3 is 1. The molecule has 0 spiro atoms. The second-order valence-electron chi connectivity index (χ2n) is 4.00. The maximum atomic E-state index is 5.76. The van der Waals surface area contributed by atoms with E-state index in [4.69, 9.17) is 10.5 Å². The molecule has 1 aromatic carbocycles. The molecule has 0 saturated heterocycles. The Balaban J connectivity index is 2.51. The summed E-state index contributed by atoms with van der Waals surface area (Å²) >= 11 is 0. The van der Waals surface area contributed by atoms with E-state index in [-0.39, 0.29) is 0 Å². The highest BCUT2D eigenvalue weighted by molar-refractivity contribution is 6.07. The highest BCUT2D eigenvalue weighted by Crippen LogP contribution is 2.30. The van der Waals surface area contributed by atoms with E-state index in [0.29, 0.717) is 5.82 Å². The summed E-state index contributed by atoms with van der Waals surface area (Å²) in [5, 5.41) is 8.76. The van der Waals surface area contributed by atoms with Gasteiger partial charge >= 0.3 is 0 Å². The van der Waals surface area contributed by atoms with Crippen LogP contribution in [0, 0.1) is 6.92 Å². The van der Waals surface area contributed by atoms with Crippen molar-refractivity contribution in [1.29, 1.82) is 0 Å². The van der Waals surface area contributed by atoms with E-state index < -0.39 is 0 Å². The number of fused-ring (bicyclic) bond motifs is 3. The first-order chi connectivity index (χ1) is 8.20. The summed E-state index contributed by atoms with van der Waals surface area (Å²) in [7, 11) is 1.65. The molecule has 86 valence electrons. The van der Waals surface area contributed by atoms with E-state index >= 15 is 0 Å². The van der Waals surface area contributed by atoms with Gasteiger partial charge in [-0.25, -0.2) is 0 Å². The number of anilines is 1. The van der Waals surface area contributed by atoms with E-state index in [1.54, 1.807) is 13.3 Å². The SMILES string of the molecule is COc1cc(C)c2ncc3c(N)n[nH]c3c2c1. The second kappa shape index (κ2) is 3.35. The lowest BCUT2D eigenvalue weighted by Gasteiger charge is -2.06. The zero-order chi connectivity index (χ0) is 12.0. The highest BCUT2D eigenvalue weighted by Gasteiger charge is 2.10. The number of ether oxygens (including phenoxy) is 1. The molecule has 0 unspecified atom stereocenters. The number of nitrogens with one attached hydrogen (secondary N) is 1. The van der Waals surface area contributed by atoms with Crippen LogP contribution < -0.4 is 10.5 Å². The van der Waals surface area contributed by atoms with Crippen LogP contribution in [-0.2, 0) is 0 Å². The summed E-state index contributed by atoms with van der Waals surface area (Å²) in [5.74, 6) is 1.27. The molecule has 0 aliphatic carbocycles. The molecule has 3 rings (SSSR count). The molecule has 0 bridgehead atoms. The number of benzene rings is 1. The maximum Gasteiger partial charge on any atom is 0.154 e. The number of rotatable bonds is 1. The molecule has 0 radical (unpaired) electrons. The van der Waals surface area contributed by atoms with E-state index in [2.05, 4.69) is 15.2 Å². The molecule has 17 heavy (non-hydrogen) atoms. The fraction of sp³-hybridized carbons (Fsp3) is 0.167. The third-order valence-electron chi connectivity index (χ3n) is 2.94. The van der Waals surface area contributed by atoms with Crippen molar-refractivity contribution in [3.05, 3.63) is 23.9 Å². The van der Waals surface area contributed by atoms with Crippen molar-refractivity contribution in [2.45, 2.75) is 6.92 Å². The molecule has 0 aliphatic rings. The predicted octanol–water partition coefficient (Wildman–Crippen LogP) is 2.01. The topological polar surface area (TPSA) is 76.8 Å². The van der Waals surface area contributed by atoms with Crippen LogP contribution in [0.1, 0.15) is 5.56 Å². The fourth-order valence-corrected chi connectivity index (χ4v) is 2.06. The zero-order valence-electron chi connectivity index (χ0n) is 9.61. The Kier molecular flexibility index (Phi) is 1.95. The van der Waals surface area contributed by atoms with Crippen molar-refractivity contribution in [3.63, 3.8) is 0 Å². The summed E-state index contributed by atoms with van der Waals surface area (Å²) < 4.78 is 5.27. The standard InChI is InChI=1S/C12H12N4O/c1-6-3-7(17-2)4-8-10(6)14-5-9-11(8)15-16-12(9)13/h3-5H,1-2H3,(H3,13,15,16). The van der Waals surface area contributed by atoms with Crippen LogP contribution >= 0.6 is 0 Å². The first-order valence-corrected chi connectivity index (χ1v) is 5.27. The molecule has 5 heteroatoms. The first kappa shape index (κ1) is 9.89. The number of hydrogen-bond acceptors (Lipinski definition) is 4. The van der Waals surface area contributed by atoms with Crippen LogP contribution in [-0.4, -0.2) is 22.3 Å². The first-order valence-electron chi connectivity index (χ1n) is 5.27. The van der Waals surface area contributed by atoms with Crippen molar-refractivity contribution in [2.24, 2.45) is 0 Å². The van der Waals surface area contributed by atoms with Crippen molar-refractivity contribution in [2.75, 3.05) is 12.8 Å². The summed E-state index contributed by atoms with van der Waals surface area (Å²) in [6, 6.07) is 3.90. The van der Waals surface area contributed by atoms with Crippen molar-refractivity contribution in [3.8, 4) is 5.75 Å². The highest BCUT2D eigenvalue weighted by atomic mass is 16.5. The maximum absolute atomic E-state index is 5.76. The lowest BCUT2D eigenvalue weighted by Crippen LogP contribution is -1.89. The number of aromatic nitrogens is 3. The molecule has 2 heterocycles. The number of aryl methyl sites for hydroxylation is 1. The molecule has 5 nitrogen and oxygen atoms in total. The second-order valence-corrected chi connectivity index (χ2v) is 4.00. The van der Waals surface area contributed by atoms with E-state index in [0.717, 1.165) is 33.1 Å². The van der Waals surface area contributed by atoms with Crippen LogP contribution in [0.15, 0.2) is 18.3 Å². The van der Waals surface area contributed by atoms with Gasteiger partial charge in [-0.15, -0.1) is 0 Å². The van der Waals surface area contributed by atoms with Gasteiger partial charge in [-0.2, -0.15) is 5.10 Å². The number of hydrogen-bond donors (Lipinski definition) is 2. The van der Waals surface area contributed by atoms with Gasteiger partial charge in [-0.05, 0) is 24.6 Å². The Morgan fingerprint density at radius 1 is 1.29 bits per heavy atom. The van der Waals surface area contributed by atoms with Gasteiger partial charge in [-0.1, -0.05) is 0 Å². The molecule has 0 fully saturated rings. The normalized spacial score (nSPS) is 11.2. The molecule has 3 N–H and O–H groups in total. The number of aromatic amines is 1. The smallest absolute Gasteiger partial charge is 0.154 e. The Labute approximate surface area is 97.6 Å². The third-order valence-corrected chi connectivity index (χ3v) is 2.94. The van der Waals surface area contributed by atoms with Gasteiger partial charge in [0.05, 0.1) is 23.5 Å². The minimum atomic E-state index is 0.467. The molecule has 2 aromatic heterocycles. The molecule has 3 aromatic rings. The Morgan fingerprint density at radius 3 is 2.88 bits per heavy atom. The molecule has 0 atom stereocenters. The Morgan fingerprint density at radius 2 is 2.12 bits per heavy atom. The minimum absolute atomic E-state index is 0.467. The van der Waals surface area contributed by atoms with Crippen LogP contribution in [0.4, 0.5) is 5.82 Å². The average Bonchev–Trinajstić information content (AvgIpc) is 2.71. The van der Waals surface area contributed by atoms with Gasteiger partial charge in [0.1, 0.15) is 5.75 Å². The molecule has 0 saturated carbocycles. The zero-order valence-corrected chi connectivity index (χ0v) is 9.61. The van der Waals surface area contributed by atoms with Crippen LogP contribution in [0.2, 0.25) is 0 Å². The van der Waals surface area contributed by atoms with Gasteiger partial charge in [0.2, 0.25) is 0 Å². The van der Waals surface area contributed by atoms with Gasteiger partial charge in [0, 0.05) is 11.6 Å². The largest absolute Gasteiger partial charge is 0.497 e. The van der Waals surface area contributed by atoms with Crippen molar-refractivity contribution >= 4 is 27.6 Å². The van der Waals surface area contributed by atoms with E-state index in [1.165, 1.54) is 0 Å². The summed E-state index contributed by atoms with van der Waals surface area (Å²) in [5.41, 5.74) is 8.66. The number of nitrogens with two attached hydrogens (primary N) is 1. The van der Waals surface area contributed by atoms with Gasteiger partial charge in [-0.3, -0.25) is 10.1 Å². The number of nitrogen functional groups attached to an aromatic ring is 1. The summed E-state index contributed by atoms with van der Waals surface area (Å²) in [4.78, 5) is 4.42. The lowest BCUT2D eigenvalue weighted by molar-refractivity contribution is 0.415. The van der Waals surface area contributed by atoms with E-state index in [9.17, 15) is 0 Å². The quantitative estimate of drug-likeness (QED) is 0.668. The molecule has 0 amide bonds. The van der Waals surface area contributed by atoms with Crippen LogP contribution in [0.25, 0.3) is 21.8 Å². The van der Waals surface area contributed by atoms with Crippen LogP contribution in [0.3, 0.4) is 0 Å². The van der Waals surface area contributed by atoms with Crippen molar-refractivity contribution < 1.29 is 4.74 Å². The Bertz CT molecular complexity index is 717. The molecule has 0 aliphatic heterocycles. The summed E-state index contributed by atoms with van der Waals surface area (Å²) in [6.07, 6.45) is 1.75. The molecular weight excluding hydrogens is 216 g/mol. The van der Waals surface area contributed by atoms with Gasteiger partial charge < -0.3 is 10.5 Å². The van der Waals surface area contributed by atoms with Crippen LogP contribution in [0.5, 0.6) is 5.75 Å². The Hall–Kier alpha value is -2.30. The van der Waals surface area contributed by atoms with E-state index in [1.807, 2.05) is 19.1 Å². The lowest BCUT2D eigenvalue weighted by atomic mass is 10.1. The third kappa shape index (κ3) is 1.32. The number of H-pyrrole nitrogens is 1. The van der Waals surface area contributed by atoms with Crippen molar-refractivity contribution in [1.82, 2.24) is 15.2 Å². The number of nitrogens with zero attached hydrogens (tertiary/aromatic N) is 2. The number of pyridine rings is 1. The van der Waals surface area contributed by atoms with Gasteiger partial charge in [0.15, 0.2) is 5.82 Å².